The molecule has 1 aliphatic carbocycles. The molecule has 0 bridgehead atoms. The minimum absolute atomic E-state index is 0.00579. The van der Waals surface area contributed by atoms with Gasteiger partial charge in [-0.25, -0.2) is 0 Å². The molecule has 1 aliphatic rings. The molecule has 0 unspecified atom stereocenters. The number of hydrogen-bond acceptors (Lipinski definition) is 0. The number of alkyl halides is 3. The Morgan fingerprint density at radius 2 is 1.82 bits per heavy atom. The Hall–Kier alpha value is -0.665. The first kappa shape index (κ1) is 8.43. The molecule has 0 fully saturated rings. The van der Waals surface area contributed by atoms with Crippen molar-refractivity contribution < 1.29 is 13.2 Å². The third-order valence-corrected chi connectivity index (χ3v) is 1.55. The molecule has 0 saturated heterocycles. The van der Waals surface area contributed by atoms with Crippen LogP contribution in [0.1, 0.15) is 12.8 Å². The molecule has 0 N–H and O–H groups in total. The highest BCUT2D eigenvalue weighted by Gasteiger charge is 2.33. The summed E-state index contributed by atoms with van der Waals surface area (Å²) in [7, 11) is 5.29. The van der Waals surface area contributed by atoms with Gasteiger partial charge in [-0.3, -0.25) is 0 Å². The molecule has 0 aromatic heterocycles. The van der Waals surface area contributed by atoms with Gasteiger partial charge >= 0.3 is 6.18 Å². The maximum absolute atomic E-state index is 11.9. The largest absolute Gasteiger partial charge is 0.412 e. The molecule has 0 saturated carbocycles. The average molecular weight is 158 g/mol. The summed E-state index contributed by atoms with van der Waals surface area (Å²) in [4.78, 5) is 0. The molecule has 58 valence electrons. The summed E-state index contributed by atoms with van der Waals surface area (Å²) in [6.45, 7) is 0. The minimum Gasteiger partial charge on any atom is -0.166 e. The van der Waals surface area contributed by atoms with Crippen LogP contribution in [0.5, 0.6) is 0 Å². The van der Waals surface area contributed by atoms with E-state index in [4.69, 9.17) is 7.85 Å². The van der Waals surface area contributed by atoms with Crippen LogP contribution in [-0.2, 0) is 0 Å². The highest BCUT2D eigenvalue weighted by Crippen LogP contribution is 2.31. The Kier molecular flexibility index (Phi) is 2.11. The fraction of sp³-hybridized carbons (Fsp3) is 0.429. The average Bonchev–Trinajstić information content (AvgIpc) is 1.86. The maximum Gasteiger partial charge on any atom is 0.412 e. The lowest BCUT2D eigenvalue weighted by Gasteiger charge is -2.14. The first-order valence-electron chi connectivity index (χ1n) is 3.22. The first-order valence-corrected chi connectivity index (χ1v) is 3.22. The molecule has 0 aliphatic heterocycles. The molecule has 0 heterocycles. The Labute approximate surface area is 64.2 Å². The number of allylic oxidation sites excluding steroid dienone is 4. The third kappa shape index (κ3) is 2.14. The lowest BCUT2D eigenvalue weighted by Crippen LogP contribution is -2.13. The SMILES string of the molecule is [B]C1=CC=C(C(F)(F)F)CC1. The summed E-state index contributed by atoms with van der Waals surface area (Å²) in [5.41, 5.74) is 0.0182. The maximum atomic E-state index is 11.9. The van der Waals surface area contributed by atoms with Gasteiger partial charge in [0.15, 0.2) is 0 Å². The van der Waals surface area contributed by atoms with Crippen LogP contribution < -0.4 is 0 Å². The zero-order valence-corrected chi connectivity index (χ0v) is 5.78. The fourth-order valence-corrected chi connectivity index (χ4v) is 0.890. The molecule has 0 aromatic rings. The van der Waals surface area contributed by atoms with Crippen molar-refractivity contribution in [2.45, 2.75) is 19.0 Å². The van der Waals surface area contributed by atoms with Crippen LogP contribution >= 0.6 is 0 Å². The van der Waals surface area contributed by atoms with E-state index in [0.717, 1.165) is 6.08 Å². The number of hydrogen-bond donors (Lipinski definition) is 0. The summed E-state index contributed by atoms with van der Waals surface area (Å²) >= 11 is 0. The van der Waals surface area contributed by atoms with Crippen molar-refractivity contribution in [3.8, 4) is 0 Å². The van der Waals surface area contributed by atoms with Crippen LogP contribution in [0.15, 0.2) is 23.2 Å². The predicted molar refractivity (Wildman–Crippen MR) is 37.2 cm³/mol. The Bertz CT molecular complexity index is 212. The van der Waals surface area contributed by atoms with Crippen molar-refractivity contribution in [1.82, 2.24) is 0 Å². The second kappa shape index (κ2) is 2.76. The second-order valence-electron chi connectivity index (χ2n) is 2.43. The number of rotatable bonds is 0. The van der Waals surface area contributed by atoms with Crippen LogP contribution in [0.25, 0.3) is 0 Å². The van der Waals surface area contributed by atoms with E-state index in [1.165, 1.54) is 6.08 Å². The van der Waals surface area contributed by atoms with Gasteiger partial charge in [-0.05, 0) is 12.8 Å². The Morgan fingerprint density at radius 3 is 2.18 bits per heavy atom. The van der Waals surface area contributed by atoms with Gasteiger partial charge < -0.3 is 0 Å². The van der Waals surface area contributed by atoms with E-state index in [2.05, 4.69) is 0 Å². The first-order chi connectivity index (χ1) is 5.00. The molecule has 0 nitrogen and oxygen atoms in total. The monoisotopic (exact) mass is 158 g/mol. The summed E-state index contributed by atoms with van der Waals surface area (Å²) in [5.74, 6) is 0. The standard InChI is InChI=1S/C7H6BF3/c8-6-3-1-5(2-4-6)7(9,10)11/h1,3H,2,4H2. The molecule has 1 rings (SSSR count). The summed E-state index contributed by atoms with van der Waals surface area (Å²) < 4.78 is 35.8. The van der Waals surface area contributed by atoms with E-state index < -0.39 is 11.7 Å². The van der Waals surface area contributed by atoms with Gasteiger partial charge in [0, 0.05) is 5.57 Å². The highest BCUT2D eigenvalue weighted by atomic mass is 19.4. The second-order valence-corrected chi connectivity index (χ2v) is 2.43. The highest BCUT2D eigenvalue weighted by molar-refractivity contribution is 6.21. The van der Waals surface area contributed by atoms with Gasteiger partial charge in [0.2, 0.25) is 0 Å². The van der Waals surface area contributed by atoms with Crippen molar-refractivity contribution in [1.29, 1.82) is 0 Å². The van der Waals surface area contributed by atoms with Gasteiger partial charge in [-0.1, -0.05) is 12.2 Å². The van der Waals surface area contributed by atoms with E-state index in [1.54, 1.807) is 0 Å². The van der Waals surface area contributed by atoms with Crippen LogP contribution in [0.2, 0.25) is 0 Å². The van der Waals surface area contributed by atoms with Crippen LogP contribution in [0, 0.1) is 0 Å². The lowest BCUT2D eigenvalue weighted by molar-refractivity contribution is -0.0940. The van der Waals surface area contributed by atoms with E-state index in [0.29, 0.717) is 11.9 Å². The molecule has 0 amide bonds. The third-order valence-electron chi connectivity index (χ3n) is 1.55. The normalized spacial score (nSPS) is 19.2. The molecule has 0 atom stereocenters. The van der Waals surface area contributed by atoms with Crippen LogP contribution in [0.4, 0.5) is 13.2 Å². The molecule has 0 spiro atoms. The zero-order chi connectivity index (χ0) is 8.48. The Balaban J connectivity index is 2.77. The number of halogens is 3. The topological polar surface area (TPSA) is 0 Å². The fourth-order valence-electron chi connectivity index (χ4n) is 0.890. The molecule has 4 heteroatoms. The zero-order valence-electron chi connectivity index (χ0n) is 5.78. The van der Waals surface area contributed by atoms with Crippen LogP contribution in [0.3, 0.4) is 0 Å². The van der Waals surface area contributed by atoms with E-state index in [-0.39, 0.29) is 6.42 Å². The lowest BCUT2D eigenvalue weighted by atomic mass is 9.85. The predicted octanol–water partition coefficient (Wildman–Crippen LogP) is 2.32. The van der Waals surface area contributed by atoms with Crippen LogP contribution in [-0.4, -0.2) is 14.0 Å². The molecule has 0 aromatic carbocycles. The Morgan fingerprint density at radius 1 is 1.18 bits per heavy atom. The van der Waals surface area contributed by atoms with E-state index in [9.17, 15) is 13.2 Å². The molecule has 2 radical (unpaired) electrons. The summed E-state index contributed by atoms with van der Waals surface area (Å²) in [6.07, 6.45) is -1.51. The van der Waals surface area contributed by atoms with Gasteiger partial charge in [-0.15, -0.1) is 5.47 Å². The van der Waals surface area contributed by atoms with Gasteiger partial charge in [0.1, 0.15) is 7.85 Å². The molecule has 11 heavy (non-hydrogen) atoms. The minimum atomic E-state index is -4.18. The van der Waals surface area contributed by atoms with Gasteiger partial charge in [-0.2, -0.15) is 13.2 Å². The molecular formula is C7H6BF3. The van der Waals surface area contributed by atoms with Crippen molar-refractivity contribution in [2.75, 3.05) is 0 Å². The van der Waals surface area contributed by atoms with E-state index in [1.807, 2.05) is 0 Å². The van der Waals surface area contributed by atoms with Crippen molar-refractivity contribution in [3.05, 3.63) is 23.2 Å². The van der Waals surface area contributed by atoms with Gasteiger partial charge in [0.05, 0.1) is 0 Å². The van der Waals surface area contributed by atoms with Crippen molar-refractivity contribution in [2.24, 2.45) is 0 Å². The summed E-state index contributed by atoms with van der Waals surface area (Å²) in [6, 6.07) is 0. The van der Waals surface area contributed by atoms with Crippen molar-refractivity contribution in [3.63, 3.8) is 0 Å². The van der Waals surface area contributed by atoms with E-state index >= 15 is 0 Å². The quantitative estimate of drug-likeness (QED) is 0.474. The summed E-state index contributed by atoms with van der Waals surface area (Å²) in [5, 5.41) is 0. The molecular weight excluding hydrogens is 152 g/mol. The van der Waals surface area contributed by atoms with Gasteiger partial charge in [0.25, 0.3) is 0 Å². The smallest absolute Gasteiger partial charge is 0.166 e. The van der Waals surface area contributed by atoms with Crippen molar-refractivity contribution >= 4 is 7.85 Å².